The van der Waals surface area contributed by atoms with Crippen LogP contribution < -0.4 is 10.1 Å². The Hall–Kier alpha value is -2.38. The molecule has 29 heavy (non-hydrogen) atoms. The first-order chi connectivity index (χ1) is 13.9. The lowest BCUT2D eigenvalue weighted by Gasteiger charge is -2.25. The molecular formula is C22H28N2O4S. The van der Waals surface area contributed by atoms with Crippen molar-refractivity contribution in [1.82, 2.24) is 4.31 Å². The van der Waals surface area contributed by atoms with Gasteiger partial charge in [-0.05, 0) is 68.1 Å². The van der Waals surface area contributed by atoms with Crippen molar-refractivity contribution >= 4 is 21.6 Å². The molecular weight excluding hydrogens is 388 g/mol. The first kappa shape index (κ1) is 21.3. The number of piperidine rings is 1. The summed E-state index contributed by atoms with van der Waals surface area (Å²) in [7, 11) is -3.46. The van der Waals surface area contributed by atoms with E-state index in [2.05, 4.69) is 5.32 Å². The molecule has 0 aliphatic carbocycles. The molecule has 1 amide bonds. The highest BCUT2D eigenvalue weighted by molar-refractivity contribution is 7.89. The molecule has 0 spiro atoms. The van der Waals surface area contributed by atoms with Crippen LogP contribution in [0.25, 0.3) is 0 Å². The third kappa shape index (κ3) is 5.36. The van der Waals surface area contributed by atoms with Gasteiger partial charge in [0.1, 0.15) is 5.75 Å². The minimum atomic E-state index is -3.46. The third-order valence-electron chi connectivity index (χ3n) is 5.23. The van der Waals surface area contributed by atoms with E-state index in [1.807, 2.05) is 32.0 Å². The van der Waals surface area contributed by atoms with Gasteiger partial charge >= 0.3 is 0 Å². The highest BCUT2D eigenvalue weighted by Crippen LogP contribution is 2.23. The number of carbonyl (C=O) groups excluding carboxylic acids is 1. The maximum Gasteiger partial charge on any atom is 0.243 e. The quantitative estimate of drug-likeness (QED) is 0.743. The maximum absolute atomic E-state index is 12.7. The van der Waals surface area contributed by atoms with E-state index in [-0.39, 0.29) is 23.8 Å². The van der Waals surface area contributed by atoms with Gasteiger partial charge in [0, 0.05) is 18.8 Å². The molecule has 0 atom stereocenters. The minimum Gasteiger partial charge on any atom is -0.493 e. The Morgan fingerprint density at radius 1 is 1.03 bits per heavy atom. The van der Waals surface area contributed by atoms with Crippen molar-refractivity contribution in [2.45, 2.75) is 44.4 Å². The molecule has 1 fully saturated rings. The smallest absolute Gasteiger partial charge is 0.243 e. The first-order valence-corrected chi connectivity index (χ1v) is 11.4. The van der Waals surface area contributed by atoms with Crippen LogP contribution in [-0.4, -0.2) is 38.3 Å². The van der Waals surface area contributed by atoms with Crippen molar-refractivity contribution < 1.29 is 17.9 Å². The summed E-state index contributed by atoms with van der Waals surface area (Å²) in [5, 5.41) is 2.79. The van der Waals surface area contributed by atoms with Crippen LogP contribution >= 0.6 is 0 Å². The van der Waals surface area contributed by atoms with Gasteiger partial charge in [0.25, 0.3) is 0 Å². The number of carbonyl (C=O) groups is 1. The van der Waals surface area contributed by atoms with Crippen LogP contribution in [-0.2, 0) is 14.8 Å². The number of aryl methyl sites for hydroxylation is 1. The Balaban J connectivity index is 1.52. The van der Waals surface area contributed by atoms with Gasteiger partial charge in [-0.3, -0.25) is 4.79 Å². The van der Waals surface area contributed by atoms with Crippen molar-refractivity contribution in [3.05, 3.63) is 53.6 Å². The second-order valence-corrected chi connectivity index (χ2v) is 9.27. The van der Waals surface area contributed by atoms with Crippen LogP contribution in [0.1, 0.15) is 36.8 Å². The van der Waals surface area contributed by atoms with Crippen molar-refractivity contribution in [2.75, 3.05) is 25.0 Å². The Kier molecular flexibility index (Phi) is 6.92. The van der Waals surface area contributed by atoms with Crippen molar-refractivity contribution in [2.24, 2.45) is 0 Å². The van der Waals surface area contributed by atoms with Gasteiger partial charge in [0.15, 0.2) is 0 Å². The van der Waals surface area contributed by atoms with E-state index in [4.69, 9.17) is 4.74 Å². The lowest BCUT2D eigenvalue weighted by Crippen LogP contribution is -2.35. The normalized spacial score (nSPS) is 15.1. The van der Waals surface area contributed by atoms with E-state index in [1.165, 1.54) is 4.31 Å². The zero-order chi connectivity index (χ0) is 20.9. The van der Waals surface area contributed by atoms with Gasteiger partial charge in [-0.1, -0.05) is 18.6 Å². The van der Waals surface area contributed by atoms with Crippen molar-refractivity contribution in [1.29, 1.82) is 0 Å². The summed E-state index contributed by atoms with van der Waals surface area (Å²) in [5.41, 5.74) is 2.78. The van der Waals surface area contributed by atoms with Crippen LogP contribution in [0.5, 0.6) is 5.75 Å². The number of nitrogens with one attached hydrogen (secondary N) is 1. The van der Waals surface area contributed by atoms with Crippen LogP contribution in [0.4, 0.5) is 5.69 Å². The molecule has 0 saturated carbocycles. The average Bonchev–Trinajstić information content (AvgIpc) is 2.72. The average molecular weight is 417 g/mol. The number of rotatable bonds is 7. The summed E-state index contributed by atoms with van der Waals surface area (Å²) < 4.78 is 32.6. The Bertz CT molecular complexity index is 949. The standard InChI is InChI=1S/C22H28N2O4S/c1-17-7-6-8-21(18(17)2)28-16-13-22(25)23-19-9-11-20(12-10-19)29(26,27)24-14-4-3-5-15-24/h6-12H,3-5,13-16H2,1-2H3,(H,23,25). The fourth-order valence-corrected chi connectivity index (χ4v) is 4.84. The number of nitrogens with zero attached hydrogens (tertiary/aromatic N) is 1. The minimum absolute atomic E-state index is 0.179. The predicted molar refractivity (Wildman–Crippen MR) is 114 cm³/mol. The van der Waals surface area contributed by atoms with Gasteiger partial charge in [-0.2, -0.15) is 4.31 Å². The SMILES string of the molecule is Cc1cccc(OCCC(=O)Nc2ccc(S(=O)(=O)N3CCCCC3)cc2)c1C. The number of amides is 1. The number of hydrogen-bond donors (Lipinski definition) is 1. The maximum atomic E-state index is 12.7. The summed E-state index contributed by atoms with van der Waals surface area (Å²) in [6.45, 7) is 5.42. The van der Waals surface area contributed by atoms with Crippen LogP contribution in [0.3, 0.4) is 0 Å². The van der Waals surface area contributed by atoms with E-state index < -0.39 is 10.0 Å². The molecule has 7 heteroatoms. The fourth-order valence-electron chi connectivity index (χ4n) is 3.32. The first-order valence-electron chi connectivity index (χ1n) is 9.97. The number of benzene rings is 2. The monoisotopic (exact) mass is 416 g/mol. The van der Waals surface area contributed by atoms with Gasteiger partial charge in [0.05, 0.1) is 17.9 Å². The predicted octanol–water partition coefficient (Wildman–Crippen LogP) is 3.89. The number of sulfonamides is 1. The molecule has 0 radical (unpaired) electrons. The largest absolute Gasteiger partial charge is 0.493 e. The molecule has 2 aromatic rings. The van der Waals surface area contributed by atoms with E-state index in [0.717, 1.165) is 36.1 Å². The van der Waals surface area contributed by atoms with E-state index in [0.29, 0.717) is 18.8 Å². The van der Waals surface area contributed by atoms with E-state index >= 15 is 0 Å². The molecule has 3 rings (SSSR count). The molecule has 0 bridgehead atoms. The topological polar surface area (TPSA) is 75.7 Å². The molecule has 156 valence electrons. The molecule has 1 saturated heterocycles. The lowest BCUT2D eigenvalue weighted by molar-refractivity contribution is -0.116. The van der Waals surface area contributed by atoms with Crippen LogP contribution in [0.15, 0.2) is 47.4 Å². The third-order valence-corrected chi connectivity index (χ3v) is 7.15. The Morgan fingerprint density at radius 2 is 1.72 bits per heavy atom. The lowest BCUT2D eigenvalue weighted by atomic mass is 10.1. The zero-order valence-electron chi connectivity index (χ0n) is 17.0. The Morgan fingerprint density at radius 3 is 2.41 bits per heavy atom. The van der Waals surface area contributed by atoms with E-state index in [1.54, 1.807) is 24.3 Å². The summed E-state index contributed by atoms with van der Waals surface area (Å²) >= 11 is 0. The van der Waals surface area contributed by atoms with Gasteiger partial charge in [-0.25, -0.2) is 8.42 Å². The van der Waals surface area contributed by atoms with E-state index in [9.17, 15) is 13.2 Å². The summed E-state index contributed by atoms with van der Waals surface area (Å²) in [6, 6.07) is 12.2. The fraction of sp³-hybridized carbons (Fsp3) is 0.409. The van der Waals surface area contributed by atoms with Gasteiger partial charge in [-0.15, -0.1) is 0 Å². The molecule has 2 aromatic carbocycles. The molecule has 0 aromatic heterocycles. The van der Waals surface area contributed by atoms with Crippen LogP contribution in [0, 0.1) is 13.8 Å². The summed E-state index contributed by atoms with van der Waals surface area (Å²) in [4.78, 5) is 12.4. The van der Waals surface area contributed by atoms with Crippen molar-refractivity contribution in [3.63, 3.8) is 0 Å². The highest BCUT2D eigenvalue weighted by Gasteiger charge is 2.25. The van der Waals surface area contributed by atoms with Gasteiger partial charge in [0.2, 0.25) is 15.9 Å². The summed E-state index contributed by atoms with van der Waals surface area (Å²) in [6.07, 6.45) is 3.08. The molecule has 1 aliphatic rings. The second kappa shape index (κ2) is 9.41. The molecule has 1 aliphatic heterocycles. The van der Waals surface area contributed by atoms with Gasteiger partial charge < -0.3 is 10.1 Å². The van der Waals surface area contributed by atoms with Crippen molar-refractivity contribution in [3.8, 4) is 5.75 Å². The number of anilines is 1. The van der Waals surface area contributed by atoms with Crippen LogP contribution in [0.2, 0.25) is 0 Å². The molecule has 1 heterocycles. The second-order valence-electron chi connectivity index (χ2n) is 7.33. The number of ether oxygens (including phenoxy) is 1. The molecule has 0 unspecified atom stereocenters. The zero-order valence-corrected chi connectivity index (χ0v) is 17.8. The molecule has 1 N–H and O–H groups in total. The molecule has 6 nitrogen and oxygen atoms in total. The number of hydrogen-bond acceptors (Lipinski definition) is 4. The summed E-state index contributed by atoms with van der Waals surface area (Å²) in [5.74, 6) is 0.604. The highest BCUT2D eigenvalue weighted by atomic mass is 32.2. The Labute approximate surface area is 172 Å².